The highest BCUT2D eigenvalue weighted by Gasteiger charge is 2.15. The number of hydrogen-bond acceptors (Lipinski definition) is 2. The first-order chi connectivity index (χ1) is 9.88. The molecule has 21 heavy (non-hydrogen) atoms. The van der Waals surface area contributed by atoms with Crippen LogP contribution >= 0.6 is 22.6 Å². The first kappa shape index (κ1) is 15.7. The van der Waals surface area contributed by atoms with Crippen LogP contribution in [0.3, 0.4) is 0 Å². The van der Waals surface area contributed by atoms with Crippen molar-refractivity contribution in [1.29, 1.82) is 0 Å². The summed E-state index contributed by atoms with van der Waals surface area (Å²) in [5.74, 6) is -0.229. The molecular weight excluding hydrogens is 377 g/mol. The highest BCUT2D eigenvalue weighted by molar-refractivity contribution is 14.1. The van der Waals surface area contributed by atoms with Gasteiger partial charge in [0, 0.05) is 9.26 Å². The van der Waals surface area contributed by atoms with Crippen molar-refractivity contribution in [2.75, 3.05) is 0 Å². The summed E-state index contributed by atoms with van der Waals surface area (Å²) in [7, 11) is 0. The van der Waals surface area contributed by atoms with Gasteiger partial charge in [-0.3, -0.25) is 9.59 Å². The molecule has 0 amide bonds. The monoisotopic (exact) mass is 393 g/mol. The van der Waals surface area contributed by atoms with Crippen LogP contribution in [0.15, 0.2) is 40.7 Å². The Morgan fingerprint density at radius 3 is 2.38 bits per heavy atom. The molecular formula is C17H16INO2. The Bertz CT molecular complexity index is 770. The van der Waals surface area contributed by atoms with Crippen molar-refractivity contribution in [3.63, 3.8) is 0 Å². The topological polar surface area (TPSA) is 49.9 Å². The number of nitrogens with one attached hydrogen (secondary N) is 1. The van der Waals surface area contributed by atoms with Gasteiger partial charge in [-0.15, -0.1) is 0 Å². The number of aromatic amines is 1. The molecule has 0 saturated carbocycles. The lowest BCUT2D eigenvalue weighted by molar-refractivity contribution is 0.103. The van der Waals surface area contributed by atoms with Crippen LogP contribution < -0.4 is 5.56 Å². The number of carbonyl (C=O) groups excluding carboxylic acids is 1. The van der Waals surface area contributed by atoms with Crippen LogP contribution in [0.25, 0.3) is 6.08 Å². The SMILES string of the molecule is C/C(=C\c1ccc(I)cc1)C(=O)c1c(C)cc(C)[nH]c1=O. The van der Waals surface area contributed by atoms with Crippen LogP contribution in [0.1, 0.15) is 34.1 Å². The number of rotatable bonds is 3. The van der Waals surface area contributed by atoms with Crippen LogP contribution in [0.5, 0.6) is 0 Å². The molecule has 0 fully saturated rings. The van der Waals surface area contributed by atoms with Crippen LogP contribution in [0.2, 0.25) is 0 Å². The third kappa shape index (κ3) is 3.69. The molecule has 0 saturated heterocycles. The lowest BCUT2D eigenvalue weighted by atomic mass is 9.99. The molecule has 108 valence electrons. The van der Waals surface area contributed by atoms with Gasteiger partial charge in [0.15, 0.2) is 5.78 Å². The summed E-state index contributed by atoms with van der Waals surface area (Å²) in [6.45, 7) is 5.32. The fourth-order valence-corrected chi connectivity index (χ4v) is 2.57. The minimum Gasteiger partial charge on any atom is -0.326 e. The van der Waals surface area contributed by atoms with Gasteiger partial charge < -0.3 is 4.98 Å². The molecule has 0 aliphatic rings. The van der Waals surface area contributed by atoms with Crippen LogP contribution in [0.4, 0.5) is 0 Å². The summed E-state index contributed by atoms with van der Waals surface area (Å²) in [4.78, 5) is 27.2. The summed E-state index contributed by atoms with van der Waals surface area (Å²) in [6.07, 6.45) is 1.80. The number of H-pyrrole nitrogens is 1. The van der Waals surface area contributed by atoms with E-state index in [2.05, 4.69) is 27.6 Å². The summed E-state index contributed by atoms with van der Waals surface area (Å²) >= 11 is 2.23. The second-order valence-corrected chi connectivity index (χ2v) is 6.29. The molecule has 1 heterocycles. The third-order valence-corrected chi connectivity index (χ3v) is 3.92. The van der Waals surface area contributed by atoms with Gasteiger partial charge in [-0.05, 0) is 84.3 Å². The van der Waals surface area contributed by atoms with Crippen molar-refractivity contribution in [2.45, 2.75) is 20.8 Å². The third-order valence-electron chi connectivity index (χ3n) is 3.20. The van der Waals surface area contributed by atoms with Gasteiger partial charge in [-0.1, -0.05) is 12.1 Å². The highest BCUT2D eigenvalue weighted by atomic mass is 127. The largest absolute Gasteiger partial charge is 0.326 e. The molecule has 4 heteroatoms. The minimum atomic E-state index is -0.326. The fourth-order valence-electron chi connectivity index (χ4n) is 2.21. The zero-order valence-electron chi connectivity index (χ0n) is 12.2. The van der Waals surface area contributed by atoms with Crippen molar-refractivity contribution in [3.8, 4) is 0 Å². The summed E-state index contributed by atoms with van der Waals surface area (Å²) in [5, 5.41) is 0. The quantitative estimate of drug-likeness (QED) is 0.489. The van der Waals surface area contributed by atoms with E-state index in [1.807, 2.05) is 30.3 Å². The first-order valence-electron chi connectivity index (χ1n) is 6.57. The predicted octanol–water partition coefficient (Wildman–Crippen LogP) is 3.88. The van der Waals surface area contributed by atoms with E-state index in [9.17, 15) is 9.59 Å². The summed E-state index contributed by atoms with van der Waals surface area (Å²) in [6, 6.07) is 9.67. The number of benzene rings is 1. The molecule has 0 spiro atoms. The van der Waals surface area contributed by atoms with Crippen molar-refractivity contribution in [3.05, 3.63) is 72.2 Å². The van der Waals surface area contributed by atoms with E-state index in [4.69, 9.17) is 0 Å². The number of aryl methyl sites for hydroxylation is 2. The van der Waals surface area contributed by atoms with E-state index in [1.165, 1.54) is 0 Å². The number of carbonyl (C=O) groups is 1. The molecule has 2 rings (SSSR count). The maximum absolute atomic E-state index is 12.5. The average molecular weight is 393 g/mol. The molecule has 0 aliphatic carbocycles. The molecule has 1 N–H and O–H groups in total. The number of pyridine rings is 1. The molecule has 0 unspecified atom stereocenters. The maximum Gasteiger partial charge on any atom is 0.259 e. The molecule has 3 nitrogen and oxygen atoms in total. The number of allylic oxidation sites excluding steroid dienone is 1. The lowest BCUT2D eigenvalue weighted by Crippen LogP contribution is -2.21. The van der Waals surface area contributed by atoms with E-state index >= 15 is 0 Å². The average Bonchev–Trinajstić information content (AvgIpc) is 2.40. The Morgan fingerprint density at radius 2 is 1.81 bits per heavy atom. The Balaban J connectivity index is 2.40. The predicted molar refractivity (Wildman–Crippen MR) is 93.7 cm³/mol. The lowest BCUT2D eigenvalue weighted by Gasteiger charge is -2.06. The van der Waals surface area contributed by atoms with Crippen molar-refractivity contribution < 1.29 is 4.79 Å². The van der Waals surface area contributed by atoms with Gasteiger partial charge in [0.1, 0.15) is 0 Å². The van der Waals surface area contributed by atoms with Crippen molar-refractivity contribution >= 4 is 34.5 Å². The van der Waals surface area contributed by atoms with Crippen molar-refractivity contribution in [1.82, 2.24) is 4.98 Å². The van der Waals surface area contributed by atoms with Gasteiger partial charge in [0.2, 0.25) is 0 Å². The van der Waals surface area contributed by atoms with Crippen LogP contribution in [-0.2, 0) is 0 Å². The van der Waals surface area contributed by atoms with Gasteiger partial charge in [0.05, 0.1) is 5.56 Å². The zero-order chi connectivity index (χ0) is 15.6. The molecule has 0 radical (unpaired) electrons. The number of aromatic nitrogens is 1. The smallest absolute Gasteiger partial charge is 0.259 e. The first-order valence-corrected chi connectivity index (χ1v) is 7.65. The number of Topliss-reactive ketones (excluding diaryl/α,β-unsaturated/α-hetero) is 1. The molecule has 0 atom stereocenters. The number of ketones is 1. The normalized spacial score (nSPS) is 11.5. The second kappa shape index (κ2) is 6.39. The minimum absolute atomic E-state index is 0.222. The van der Waals surface area contributed by atoms with E-state index in [1.54, 1.807) is 26.8 Å². The standard InChI is InChI=1S/C17H16INO2/c1-10-8-12(3)19-17(21)15(10)16(20)11(2)9-13-4-6-14(18)7-5-13/h4-9H,1-3H3,(H,19,21)/b11-9+. The fraction of sp³-hybridized carbons (Fsp3) is 0.176. The van der Waals surface area contributed by atoms with Crippen molar-refractivity contribution in [2.24, 2.45) is 0 Å². The van der Waals surface area contributed by atoms with Gasteiger partial charge in [-0.25, -0.2) is 0 Å². The van der Waals surface area contributed by atoms with Crippen LogP contribution in [0, 0.1) is 17.4 Å². The molecule has 1 aromatic heterocycles. The van der Waals surface area contributed by atoms with E-state index in [0.29, 0.717) is 11.1 Å². The summed E-state index contributed by atoms with van der Waals surface area (Å²) < 4.78 is 1.14. The zero-order valence-corrected chi connectivity index (χ0v) is 14.3. The molecule has 2 aromatic rings. The highest BCUT2D eigenvalue weighted by Crippen LogP contribution is 2.14. The Hall–Kier alpha value is -1.69. The van der Waals surface area contributed by atoms with E-state index < -0.39 is 0 Å². The molecule has 0 bridgehead atoms. The molecule has 0 aliphatic heterocycles. The van der Waals surface area contributed by atoms with Gasteiger partial charge in [-0.2, -0.15) is 0 Å². The Kier molecular flexibility index (Phi) is 4.77. The second-order valence-electron chi connectivity index (χ2n) is 5.05. The summed E-state index contributed by atoms with van der Waals surface area (Å²) in [5.41, 5.74) is 2.86. The maximum atomic E-state index is 12.5. The number of hydrogen-bond donors (Lipinski definition) is 1. The van der Waals surface area contributed by atoms with E-state index in [0.717, 1.165) is 14.8 Å². The van der Waals surface area contributed by atoms with Gasteiger partial charge >= 0.3 is 0 Å². The van der Waals surface area contributed by atoms with E-state index in [-0.39, 0.29) is 16.9 Å². The Labute approximate surface area is 137 Å². The molecule has 1 aromatic carbocycles. The van der Waals surface area contributed by atoms with Gasteiger partial charge in [0.25, 0.3) is 5.56 Å². The van der Waals surface area contributed by atoms with Crippen LogP contribution in [-0.4, -0.2) is 10.8 Å². The Morgan fingerprint density at radius 1 is 1.19 bits per heavy atom. The number of halogens is 1.